The third-order valence-electron chi connectivity index (χ3n) is 5.29. The summed E-state index contributed by atoms with van der Waals surface area (Å²) in [6.07, 6.45) is 4.71. The normalized spacial score (nSPS) is 20.4. The summed E-state index contributed by atoms with van der Waals surface area (Å²) in [6.45, 7) is 0.482. The first-order chi connectivity index (χ1) is 13.0. The second-order valence-electron chi connectivity index (χ2n) is 6.92. The van der Waals surface area contributed by atoms with E-state index in [9.17, 15) is 13.6 Å². The molecular weight excluding hydrogens is 366 g/mol. The van der Waals surface area contributed by atoms with Crippen molar-refractivity contribution in [2.45, 2.75) is 30.2 Å². The molecule has 0 radical (unpaired) electrons. The predicted octanol–water partition coefficient (Wildman–Crippen LogP) is 4.27. The van der Waals surface area contributed by atoms with Crippen molar-refractivity contribution in [3.8, 4) is 0 Å². The van der Waals surface area contributed by atoms with E-state index in [1.807, 2.05) is 30.5 Å². The van der Waals surface area contributed by atoms with Gasteiger partial charge in [0.05, 0.1) is 6.04 Å². The Morgan fingerprint density at radius 3 is 2.67 bits per heavy atom. The van der Waals surface area contributed by atoms with Gasteiger partial charge in [-0.15, -0.1) is 11.8 Å². The second kappa shape index (κ2) is 8.85. The first-order valence-electron chi connectivity index (χ1n) is 9.12. The van der Waals surface area contributed by atoms with Gasteiger partial charge in [-0.05, 0) is 67.0 Å². The van der Waals surface area contributed by atoms with Crippen LogP contribution >= 0.6 is 11.8 Å². The minimum atomic E-state index is -0.923. The number of benzene rings is 2. The topological polar surface area (TPSA) is 55.1 Å². The molecule has 0 heterocycles. The Bertz CT molecular complexity index is 815. The summed E-state index contributed by atoms with van der Waals surface area (Å²) < 4.78 is 27.3. The molecule has 27 heavy (non-hydrogen) atoms. The van der Waals surface area contributed by atoms with Crippen LogP contribution in [0, 0.1) is 23.5 Å². The van der Waals surface area contributed by atoms with Crippen molar-refractivity contribution < 1.29 is 13.6 Å². The number of nitrogens with one attached hydrogen (secondary N) is 1. The Labute approximate surface area is 162 Å². The van der Waals surface area contributed by atoms with Gasteiger partial charge >= 0.3 is 0 Å². The number of carbonyl (C=O) groups excluding carboxylic acids is 1. The van der Waals surface area contributed by atoms with Crippen molar-refractivity contribution in [3.05, 3.63) is 65.2 Å². The second-order valence-corrected chi connectivity index (χ2v) is 7.80. The largest absolute Gasteiger partial charge is 0.345 e. The van der Waals surface area contributed by atoms with E-state index in [-0.39, 0.29) is 17.7 Å². The molecule has 0 bridgehead atoms. The molecule has 3 atom stereocenters. The molecule has 1 unspecified atom stereocenters. The van der Waals surface area contributed by atoms with Gasteiger partial charge in [-0.1, -0.05) is 24.6 Å². The highest BCUT2D eigenvalue weighted by Gasteiger charge is 2.33. The maximum absolute atomic E-state index is 13.8. The smallest absolute Gasteiger partial charge is 0.224 e. The monoisotopic (exact) mass is 390 g/mol. The van der Waals surface area contributed by atoms with E-state index >= 15 is 0 Å². The van der Waals surface area contributed by atoms with Gasteiger partial charge in [0.1, 0.15) is 0 Å². The molecule has 6 heteroatoms. The fourth-order valence-electron chi connectivity index (χ4n) is 3.79. The van der Waals surface area contributed by atoms with Gasteiger partial charge in [-0.25, -0.2) is 8.78 Å². The molecule has 144 valence electrons. The van der Waals surface area contributed by atoms with Crippen molar-refractivity contribution in [2.75, 3.05) is 12.8 Å². The van der Waals surface area contributed by atoms with Gasteiger partial charge in [0.2, 0.25) is 5.91 Å². The average Bonchev–Trinajstić information content (AvgIpc) is 3.17. The third-order valence-corrected chi connectivity index (χ3v) is 6.01. The first-order valence-corrected chi connectivity index (χ1v) is 10.3. The number of amides is 1. The SMILES string of the molecule is CSc1cccc(C(NC(=O)[C@@H]2CCC[C@@H]2CN)c2ccc(F)c(F)c2)c1. The third kappa shape index (κ3) is 4.50. The molecule has 1 aliphatic rings. The highest BCUT2D eigenvalue weighted by molar-refractivity contribution is 7.98. The van der Waals surface area contributed by atoms with Crippen LogP contribution in [0.25, 0.3) is 0 Å². The fourth-order valence-corrected chi connectivity index (χ4v) is 4.25. The summed E-state index contributed by atoms with van der Waals surface area (Å²) in [4.78, 5) is 14.0. The van der Waals surface area contributed by atoms with Crippen LogP contribution in [0.4, 0.5) is 8.78 Å². The van der Waals surface area contributed by atoms with Gasteiger partial charge in [-0.2, -0.15) is 0 Å². The van der Waals surface area contributed by atoms with Crippen molar-refractivity contribution in [1.29, 1.82) is 0 Å². The summed E-state index contributed by atoms with van der Waals surface area (Å²) >= 11 is 1.59. The number of halogens is 2. The predicted molar refractivity (Wildman–Crippen MR) is 104 cm³/mol. The molecule has 1 fully saturated rings. The van der Waals surface area contributed by atoms with Gasteiger partial charge in [0, 0.05) is 10.8 Å². The average molecular weight is 390 g/mol. The van der Waals surface area contributed by atoms with E-state index < -0.39 is 17.7 Å². The number of carbonyl (C=O) groups is 1. The molecule has 0 aliphatic heterocycles. The number of hydrogen-bond donors (Lipinski definition) is 2. The lowest BCUT2D eigenvalue weighted by Gasteiger charge is -2.24. The van der Waals surface area contributed by atoms with E-state index in [1.165, 1.54) is 6.07 Å². The van der Waals surface area contributed by atoms with E-state index in [4.69, 9.17) is 5.73 Å². The summed E-state index contributed by atoms with van der Waals surface area (Å²) in [5.74, 6) is -1.86. The minimum absolute atomic E-state index is 0.0766. The van der Waals surface area contributed by atoms with Crippen LogP contribution in [0.3, 0.4) is 0 Å². The van der Waals surface area contributed by atoms with Crippen molar-refractivity contribution >= 4 is 17.7 Å². The number of rotatable bonds is 6. The molecule has 1 saturated carbocycles. The zero-order valence-corrected chi connectivity index (χ0v) is 16.1. The molecule has 0 aromatic heterocycles. The molecule has 2 aromatic carbocycles. The van der Waals surface area contributed by atoms with Gasteiger partial charge in [0.25, 0.3) is 0 Å². The summed E-state index contributed by atoms with van der Waals surface area (Å²) in [6, 6.07) is 11.0. The Morgan fingerprint density at radius 1 is 1.19 bits per heavy atom. The highest BCUT2D eigenvalue weighted by Crippen LogP contribution is 2.33. The molecule has 3 rings (SSSR count). The van der Waals surface area contributed by atoms with Crippen LogP contribution in [0.15, 0.2) is 47.4 Å². The number of thioether (sulfide) groups is 1. The molecule has 0 spiro atoms. The lowest BCUT2D eigenvalue weighted by Crippen LogP contribution is -2.37. The molecule has 3 N–H and O–H groups in total. The lowest BCUT2D eigenvalue weighted by atomic mass is 9.93. The highest BCUT2D eigenvalue weighted by atomic mass is 32.2. The zero-order valence-electron chi connectivity index (χ0n) is 15.3. The van der Waals surface area contributed by atoms with Crippen molar-refractivity contribution in [2.24, 2.45) is 17.6 Å². The Morgan fingerprint density at radius 2 is 1.96 bits per heavy atom. The van der Waals surface area contributed by atoms with Crippen LogP contribution in [-0.2, 0) is 4.79 Å². The quantitative estimate of drug-likeness (QED) is 0.725. The fraction of sp³-hybridized carbons (Fsp3) is 0.381. The molecule has 1 aliphatic carbocycles. The van der Waals surface area contributed by atoms with Crippen LogP contribution in [-0.4, -0.2) is 18.7 Å². The lowest BCUT2D eigenvalue weighted by molar-refractivity contribution is -0.126. The number of nitrogens with two attached hydrogens (primary N) is 1. The molecule has 1 amide bonds. The summed E-state index contributed by atoms with van der Waals surface area (Å²) in [5, 5.41) is 3.06. The summed E-state index contributed by atoms with van der Waals surface area (Å²) in [5.41, 5.74) is 7.17. The number of hydrogen-bond acceptors (Lipinski definition) is 3. The van der Waals surface area contributed by atoms with Gasteiger partial charge in [-0.3, -0.25) is 4.79 Å². The minimum Gasteiger partial charge on any atom is -0.345 e. The van der Waals surface area contributed by atoms with Gasteiger partial charge < -0.3 is 11.1 Å². The van der Waals surface area contributed by atoms with Crippen LogP contribution in [0.5, 0.6) is 0 Å². The van der Waals surface area contributed by atoms with E-state index in [2.05, 4.69) is 5.32 Å². The van der Waals surface area contributed by atoms with E-state index in [0.717, 1.165) is 41.9 Å². The van der Waals surface area contributed by atoms with Crippen molar-refractivity contribution in [1.82, 2.24) is 5.32 Å². The Balaban J connectivity index is 1.94. The maximum atomic E-state index is 13.8. The van der Waals surface area contributed by atoms with Crippen LogP contribution < -0.4 is 11.1 Å². The Kier molecular flexibility index (Phi) is 6.50. The maximum Gasteiger partial charge on any atom is 0.224 e. The standard InChI is InChI=1S/C21H24F2N2OS/c1-27-16-6-2-4-13(10-16)20(14-8-9-18(22)19(23)11-14)25-21(26)17-7-3-5-15(17)12-24/h2,4,6,8-11,15,17,20H,3,5,7,12,24H2,1H3,(H,25,26)/t15-,17-,20?/m1/s1. The van der Waals surface area contributed by atoms with E-state index in [0.29, 0.717) is 12.1 Å². The zero-order chi connectivity index (χ0) is 19.4. The summed E-state index contributed by atoms with van der Waals surface area (Å²) in [7, 11) is 0. The molecule has 2 aromatic rings. The van der Waals surface area contributed by atoms with E-state index in [1.54, 1.807) is 11.8 Å². The molecule has 3 nitrogen and oxygen atoms in total. The Hall–Kier alpha value is -1.92. The van der Waals surface area contributed by atoms with Crippen LogP contribution in [0.1, 0.15) is 36.4 Å². The first kappa shape index (κ1) is 19.8. The molecule has 0 saturated heterocycles. The van der Waals surface area contributed by atoms with Gasteiger partial charge in [0.15, 0.2) is 11.6 Å². The van der Waals surface area contributed by atoms with Crippen molar-refractivity contribution in [3.63, 3.8) is 0 Å². The van der Waals surface area contributed by atoms with Crippen LogP contribution in [0.2, 0.25) is 0 Å². The molecular formula is C21H24F2N2OS.